The van der Waals surface area contributed by atoms with Gasteiger partial charge in [-0.3, -0.25) is 4.79 Å². The summed E-state index contributed by atoms with van der Waals surface area (Å²) in [5, 5.41) is 5.10. The number of carbonyl (C=O) groups is 1. The van der Waals surface area contributed by atoms with Crippen molar-refractivity contribution in [3.63, 3.8) is 0 Å². The first-order valence-corrected chi connectivity index (χ1v) is 7.55. The van der Waals surface area contributed by atoms with Crippen LogP contribution in [0.15, 0.2) is 10.9 Å². The van der Waals surface area contributed by atoms with E-state index in [0.717, 1.165) is 12.1 Å². The highest BCUT2D eigenvalue weighted by molar-refractivity contribution is 7.07. The van der Waals surface area contributed by atoms with E-state index < -0.39 is 0 Å². The monoisotopic (exact) mass is 282 g/mol. The Labute approximate surface area is 118 Å². The van der Waals surface area contributed by atoms with Gasteiger partial charge in [0, 0.05) is 30.4 Å². The van der Waals surface area contributed by atoms with Crippen molar-refractivity contribution in [2.24, 2.45) is 5.41 Å². The molecule has 1 aliphatic rings. The SMILES string of the molecule is CO[C@]1(C)C[C@H](NC(=O)CCc2cscn2)C1(C)C. The zero-order chi connectivity index (χ0) is 14.1. The van der Waals surface area contributed by atoms with Gasteiger partial charge in [0.2, 0.25) is 5.91 Å². The summed E-state index contributed by atoms with van der Waals surface area (Å²) in [4.78, 5) is 16.1. The van der Waals surface area contributed by atoms with Gasteiger partial charge in [-0.1, -0.05) is 13.8 Å². The third kappa shape index (κ3) is 2.67. The van der Waals surface area contributed by atoms with Gasteiger partial charge in [0.05, 0.1) is 16.8 Å². The Bertz CT molecular complexity index is 444. The normalized spacial score (nSPS) is 28.7. The minimum Gasteiger partial charge on any atom is -0.378 e. The van der Waals surface area contributed by atoms with E-state index in [1.54, 1.807) is 24.0 Å². The fourth-order valence-electron chi connectivity index (χ4n) is 2.59. The van der Waals surface area contributed by atoms with Gasteiger partial charge in [-0.15, -0.1) is 11.3 Å². The summed E-state index contributed by atoms with van der Waals surface area (Å²) in [7, 11) is 1.74. The number of methoxy groups -OCH3 is 1. The third-order valence-electron chi connectivity index (χ3n) is 4.71. The summed E-state index contributed by atoms with van der Waals surface area (Å²) in [6, 6.07) is 0.195. The van der Waals surface area contributed by atoms with Crippen molar-refractivity contribution in [2.75, 3.05) is 7.11 Å². The van der Waals surface area contributed by atoms with Crippen LogP contribution in [0, 0.1) is 5.41 Å². The zero-order valence-corrected chi connectivity index (χ0v) is 12.8. The fourth-order valence-corrected chi connectivity index (χ4v) is 3.19. The second kappa shape index (κ2) is 5.21. The molecule has 1 amide bonds. The lowest BCUT2D eigenvalue weighted by molar-refractivity contribution is -0.182. The van der Waals surface area contributed by atoms with Gasteiger partial charge in [-0.05, 0) is 19.8 Å². The molecule has 1 fully saturated rings. The van der Waals surface area contributed by atoms with Crippen molar-refractivity contribution in [3.05, 3.63) is 16.6 Å². The number of nitrogens with zero attached hydrogens (tertiary/aromatic N) is 1. The average molecular weight is 282 g/mol. The van der Waals surface area contributed by atoms with Gasteiger partial charge < -0.3 is 10.1 Å². The molecule has 1 aromatic heterocycles. The van der Waals surface area contributed by atoms with Crippen LogP contribution in [0.1, 0.15) is 39.3 Å². The lowest BCUT2D eigenvalue weighted by Crippen LogP contribution is -2.68. The predicted octanol–water partition coefficient (Wildman–Crippen LogP) is 2.40. The van der Waals surface area contributed by atoms with Crippen LogP contribution in [-0.4, -0.2) is 29.6 Å². The molecule has 0 aromatic carbocycles. The summed E-state index contributed by atoms with van der Waals surface area (Å²) < 4.78 is 5.56. The van der Waals surface area contributed by atoms with Crippen LogP contribution in [0.4, 0.5) is 0 Å². The third-order valence-corrected chi connectivity index (χ3v) is 5.34. The number of rotatable bonds is 5. The van der Waals surface area contributed by atoms with Gasteiger partial charge >= 0.3 is 0 Å². The molecule has 2 rings (SSSR count). The second-order valence-corrected chi connectivity index (χ2v) is 6.68. The highest BCUT2D eigenvalue weighted by atomic mass is 32.1. The van der Waals surface area contributed by atoms with E-state index in [9.17, 15) is 4.79 Å². The molecule has 4 nitrogen and oxygen atoms in total. The Balaban J connectivity index is 1.81. The molecule has 19 heavy (non-hydrogen) atoms. The standard InChI is InChI=1S/C14H22N2O2S/c1-13(2)11(7-14(13,3)18-4)16-12(17)6-5-10-8-19-9-15-10/h8-9,11H,5-7H2,1-4H3,(H,16,17)/t11-,14+/m0/s1. The quantitative estimate of drug-likeness (QED) is 0.902. The van der Waals surface area contributed by atoms with Crippen molar-refractivity contribution in [2.45, 2.75) is 51.7 Å². The topological polar surface area (TPSA) is 51.2 Å². The number of amides is 1. The number of thiazole rings is 1. The number of carbonyl (C=O) groups excluding carboxylic acids is 1. The van der Waals surface area contributed by atoms with Gasteiger partial charge in [0.15, 0.2) is 0 Å². The number of nitrogens with one attached hydrogen (secondary N) is 1. The molecule has 1 saturated carbocycles. The smallest absolute Gasteiger partial charge is 0.220 e. The Morgan fingerprint density at radius 2 is 2.32 bits per heavy atom. The van der Waals surface area contributed by atoms with Crippen LogP contribution in [0.2, 0.25) is 0 Å². The molecule has 106 valence electrons. The molecule has 0 unspecified atom stereocenters. The Hall–Kier alpha value is -0.940. The fraction of sp³-hybridized carbons (Fsp3) is 0.714. The van der Waals surface area contributed by atoms with Crippen LogP contribution in [0.25, 0.3) is 0 Å². The Morgan fingerprint density at radius 1 is 1.58 bits per heavy atom. The Morgan fingerprint density at radius 3 is 2.84 bits per heavy atom. The number of hydrogen-bond donors (Lipinski definition) is 1. The first kappa shape index (κ1) is 14.5. The van der Waals surface area contributed by atoms with Gasteiger partial charge in [-0.2, -0.15) is 0 Å². The average Bonchev–Trinajstić information content (AvgIpc) is 2.88. The van der Waals surface area contributed by atoms with Gasteiger partial charge in [0.25, 0.3) is 0 Å². The molecule has 5 heteroatoms. The summed E-state index contributed by atoms with van der Waals surface area (Å²) in [5.41, 5.74) is 2.62. The first-order chi connectivity index (χ1) is 8.89. The lowest BCUT2D eigenvalue weighted by atomic mass is 9.56. The zero-order valence-electron chi connectivity index (χ0n) is 12.0. The van der Waals surface area contributed by atoms with E-state index in [2.05, 4.69) is 31.1 Å². The molecular weight excluding hydrogens is 260 g/mol. The molecular formula is C14H22N2O2S. The van der Waals surface area contributed by atoms with Gasteiger partial charge in [-0.25, -0.2) is 4.98 Å². The first-order valence-electron chi connectivity index (χ1n) is 6.60. The van der Waals surface area contributed by atoms with Crippen molar-refractivity contribution in [3.8, 4) is 0 Å². The van der Waals surface area contributed by atoms with Crippen LogP contribution in [-0.2, 0) is 16.0 Å². The molecule has 0 aliphatic heterocycles. The molecule has 1 heterocycles. The van der Waals surface area contributed by atoms with E-state index in [0.29, 0.717) is 12.8 Å². The molecule has 0 radical (unpaired) electrons. The summed E-state index contributed by atoms with van der Waals surface area (Å²) in [6.45, 7) is 6.39. The summed E-state index contributed by atoms with van der Waals surface area (Å²) in [5.74, 6) is 0.101. The number of aromatic nitrogens is 1. The highest BCUT2D eigenvalue weighted by Gasteiger charge is 2.58. The Kier molecular flexibility index (Phi) is 3.97. The maximum atomic E-state index is 12.0. The van der Waals surface area contributed by atoms with Crippen molar-refractivity contribution < 1.29 is 9.53 Å². The lowest BCUT2D eigenvalue weighted by Gasteiger charge is -2.59. The van der Waals surface area contributed by atoms with Crippen LogP contribution < -0.4 is 5.32 Å². The highest BCUT2D eigenvalue weighted by Crippen LogP contribution is 2.51. The van der Waals surface area contributed by atoms with E-state index >= 15 is 0 Å². The maximum absolute atomic E-state index is 12.0. The molecule has 1 aliphatic carbocycles. The molecule has 0 bridgehead atoms. The maximum Gasteiger partial charge on any atom is 0.220 e. The van der Waals surface area contributed by atoms with E-state index in [4.69, 9.17) is 4.74 Å². The van der Waals surface area contributed by atoms with Crippen LogP contribution >= 0.6 is 11.3 Å². The molecule has 1 aromatic rings. The number of aryl methyl sites for hydroxylation is 1. The number of ether oxygens (including phenoxy) is 1. The number of hydrogen-bond acceptors (Lipinski definition) is 4. The molecule has 1 N–H and O–H groups in total. The van der Waals surface area contributed by atoms with Crippen molar-refractivity contribution in [1.29, 1.82) is 0 Å². The van der Waals surface area contributed by atoms with Gasteiger partial charge in [0.1, 0.15) is 0 Å². The second-order valence-electron chi connectivity index (χ2n) is 5.96. The van der Waals surface area contributed by atoms with E-state index in [1.807, 2.05) is 5.38 Å². The van der Waals surface area contributed by atoms with E-state index in [-0.39, 0.29) is 23.0 Å². The molecule has 0 spiro atoms. The summed E-state index contributed by atoms with van der Waals surface area (Å²) in [6.07, 6.45) is 2.09. The largest absolute Gasteiger partial charge is 0.378 e. The van der Waals surface area contributed by atoms with Crippen molar-refractivity contribution in [1.82, 2.24) is 10.3 Å². The van der Waals surface area contributed by atoms with Crippen LogP contribution in [0.3, 0.4) is 0 Å². The van der Waals surface area contributed by atoms with Crippen LogP contribution in [0.5, 0.6) is 0 Å². The molecule has 2 atom stereocenters. The summed E-state index contributed by atoms with van der Waals surface area (Å²) >= 11 is 1.56. The minimum absolute atomic E-state index is 0.0297. The van der Waals surface area contributed by atoms with Crippen molar-refractivity contribution >= 4 is 17.2 Å². The predicted molar refractivity (Wildman–Crippen MR) is 76.2 cm³/mol. The van der Waals surface area contributed by atoms with E-state index in [1.165, 1.54) is 0 Å². The minimum atomic E-state index is -0.139. The molecule has 0 saturated heterocycles.